The highest BCUT2D eigenvalue weighted by atomic mass is 19.1. The van der Waals surface area contributed by atoms with Crippen LogP contribution in [0.15, 0.2) is 66.9 Å². The summed E-state index contributed by atoms with van der Waals surface area (Å²) in [5.41, 5.74) is 5.98. The summed E-state index contributed by atoms with van der Waals surface area (Å²) < 4.78 is 21.8. The number of ether oxygens (including phenoxy) is 1. The molecule has 1 aliphatic rings. The van der Waals surface area contributed by atoms with Gasteiger partial charge in [-0.05, 0) is 61.7 Å². The van der Waals surface area contributed by atoms with Gasteiger partial charge >= 0.3 is 0 Å². The molecule has 43 heavy (non-hydrogen) atoms. The SMILES string of the molecule is COc1nc(-c2cccc(-c3cccc(Nc4nc(C)nc5cccnc45)c3C)c2F)ccc1CNCC1CCC(=O)N1. The van der Waals surface area contributed by atoms with Gasteiger partial charge in [0.15, 0.2) is 5.82 Å². The molecule has 1 unspecified atom stereocenters. The van der Waals surface area contributed by atoms with Crippen LogP contribution in [0, 0.1) is 19.7 Å². The topological polar surface area (TPSA) is 114 Å². The van der Waals surface area contributed by atoms with Crippen LogP contribution < -0.4 is 20.7 Å². The van der Waals surface area contributed by atoms with Gasteiger partial charge in [0.05, 0.1) is 18.3 Å². The van der Waals surface area contributed by atoms with E-state index in [0.29, 0.717) is 59.4 Å². The number of amides is 1. The maximum atomic E-state index is 16.2. The molecule has 0 radical (unpaired) electrons. The number of rotatable bonds is 9. The molecule has 9 nitrogen and oxygen atoms in total. The van der Waals surface area contributed by atoms with Gasteiger partial charge in [0.1, 0.15) is 17.2 Å². The second kappa shape index (κ2) is 12.1. The summed E-state index contributed by atoms with van der Waals surface area (Å²) in [5.74, 6) is 1.36. The van der Waals surface area contributed by atoms with Gasteiger partial charge in [0.2, 0.25) is 11.8 Å². The van der Waals surface area contributed by atoms with Crippen molar-refractivity contribution in [3.8, 4) is 28.3 Å². The summed E-state index contributed by atoms with van der Waals surface area (Å²) in [5, 5.41) is 9.70. The van der Waals surface area contributed by atoms with Crippen LogP contribution in [-0.4, -0.2) is 45.5 Å². The fraction of sp³-hybridized carbons (Fsp3) is 0.242. The minimum Gasteiger partial charge on any atom is -0.481 e. The summed E-state index contributed by atoms with van der Waals surface area (Å²) in [7, 11) is 1.55. The first kappa shape index (κ1) is 28.2. The Labute approximate surface area is 249 Å². The number of pyridine rings is 2. The molecule has 5 aromatic rings. The molecule has 1 atom stereocenters. The number of aromatic nitrogens is 4. The molecule has 0 bridgehead atoms. The van der Waals surface area contributed by atoms with Crippen molar-refractivity contribution in [3.63, 3.8) is 0 Å². The summed E-state index contributed by atoms with van der Waals surface area (Å²) in [6, 6.07) is 18.6. The Balaban J connectivity index is 1.27. The summed E-state index contributed by atoms with van der Waals surface area (Å²) in [6.45, 7) is 4.96. The van der Waals surface area contributed by atoms with Crippen molar-refractivity contribution < 1.29 is 13.9 Å². The number of hydrogen-bond donors (Lipinski definition) is 3. The zero-order valence-electron chi connectivity index (χ0n) is 24.2. The molecule has 1 amide bonds. The molecule has 1 saturated heterocycles. The number of carbonyl (C=O) groups excluding carboxylic acids is 1. The van der Waals surface area contributed by atoms with Crippen LogP contribution in [0.3, 0.4) is 0 Å². The van der Waals surface area contributed by atoms with Crippen LogP contribution in [0.2, 0.25) is 0 Å². The van der Waals surface area contributed by atoms with Crippen molar-refractivity contribution in [2.75, 3.05) is 19.0 Å². The van der Waals surface area contributed by atoms with Crippen LogP contribution in [0.25, 0.3) is 33.4 Å². The lowest BCUT2D eigenvalue weighted by Gasteiger charge is -2.16. The Bertz CT molecular complexity index is 1830. The Morgan fingerprint density at radius 3 is 2.60 bits per heavy atom. The highest BCUT2D eigenvalue weighted by molar-refractivity contribution is 5.88. The molecule has 1 fully saturated rings. The maximum absolute atomic E-state index is 16.2. The Morgan fingerprint density at radius 2 is 1.79 bits per heavy atom. The van der Waals surface area contributed by atoms with Crippen molar-refractivity contribution in [1.29, 1.82) is 0 Å². The lowest BCUT2D eigenvalue weighted by Crippen LogP contribution is -2.35. The highest BCUT2D eigenvalue weighted by Gasteiger charge is 2.21. The number of fused-ring (bicyclic) bond motifs is 1. The standard InChI is InChI=1S/C33H32FN7O2/c1-19-23(7-5-10-26(19)40-32-31-28(11-6-16-36-31)37-20(2)38-32)24-8-4-9-25(30(24)34)27-14-12-21(33(41-27)43-3)17-35-18-22-13-15-29(42)39-22/h4-12,14,16,22,35H,13,15,17-18H2,1-3H3,(H,39,42)(H,37,38,40). The van der Waals surface area contributed by atoms with E-state index in [0.717, 1.165) is 34.3 Å². The average molecular weight is 578 g/mol. The minimum absolute atomic E-state index is 0.0876. The molecular formula is C33H32FN7O2. The third kappa shape index (κ3) is 5.87. The lowest BCUT2D eigenvalue weighted by atomic mass is 9.95. The molecule has 0 aliphatic carbocycles. The van der Waals surface area contributed by atoms with Crippen molar-refractivity contribution in [2.24, 2.45) is 0 Å². The Morgan fingerprint density at radius 1 is 0.977 bits per heavy atom. The first-order valence-electron chi connectivity index (χ1n) is 14.2. The van der Waals surface area contributed by atoms with Gasteiger partial charge in [-0.25, -0.2) is 19.3 Å². The van der Waals surface area contributed by atoms with Crippen LogP contribution >= 0.6 is 0 Å². The number of aryl methyl sites for hydroxylation is 1. The number of halogens is 1. The number of carbonyl (C=O) groups is 1. The zero-order chi connectivity index (χ0) is 29.9. The predicted molar refractivity (Wildman–Crippen MR) is 165 cm³/mol. The number of nitrogens with one attached hydrogen (secondary N) is 3. The fourth-order valence-corrected chi connectivity index (χ4v) is 5.44. The molecule has 10 heteroatoms. The normalized spacial score (nSPS) is 14.6. The summed E-state index contributed by atoms with van der Waals surface area (Å²) in [4.78, 5) is 29.6. The van der Waals surface area contributed by atoms with Gasteiger partial charge in [-0.15, -0.1) is 0 Å². The van der Waals surface area contributed by atoms with Gasteiger partial charge in [0, 0.05) is 54.1 Å². The molecule has 218 valence electrons. The fourth-order valence-electron chi connectivity index (χ4n) is 5.44. The number of benzene rings is 2. The largest absolute Gasteiger partial charge is 0.481 e. The third-order valence-electron chi connectivity index (χ3n) is 7.64. The van der Waals surface area contributed by atoms with E-state index in [2.05, 4.69) is 35.9 Å². The molecule has 0 saturated carbocycles. The van der Waals surface area contributed by atoms with Crippen LogP contribution in [-0.2, 0) is 11.3 Å². The van der Waals surface area contributed by atoms with E-state index in [9.17, 15) is 4.79 Å². The number of methoxy groups -OCH3 is 1. The second-order valence-corrected chi connectivity index (χ2v) is 10.6. The Kier molecular flexibility index (Phi) is 7.93. The van der Waals surface area contributed by atoms with E-state index in [-0.39, 0.29) is 17.8 Å². The molecule has 1 aliphatic heterocycles. The minimum atomic E-state index is -0.370. The number of anilines is 2. The zero-order valence-corrected chi connectivity index (χ0v) is 24.2. The molecular weight excluding hydrogens is 545 g/mol. The molecule has 3 N–H and O–H groups in total. The molecule has 0 spiro atoms. The lowest BCUT2D eigenvalue weighted by molar-refractivity contribution is -0.119. The van der Waals surface area contributed by atoms with Crippen LogP contribution in [0.4, 0.5) is 15.9 Å². The van der Waals surface area contributed by atoms with E-state index < -0.39 is 0 Å². The van der Waals surface area contributed by atoms with E-state index in [1.165, 1.54) is 0 Å². The van der Waals surface area contributed by atoms with Crippen molar-refractivity contribution in [1.82, 2.24) is 30.6 Å². The van der Waals surface area contributed by atoms with Gasteiger partial charge in [-0.3, -0.25) is 9.78 Å². The van der Waals surface area contributed by atoms with E-state index in [4.69, 9.17) is 4.74 Å². The van der Waals surface area contributed by atoms with E-state index in [1.54, 1.807) is 31.5 Å². The summed E-state index contributed by atoms with van der Waals surface area (Å²) in [6.07, 6.45) is 3.09. The van der Waals surface area contributed by atoms with E-state index >= 15 is 4.39 Å². The van der Waals surface area contributed by atoms with Gasteiger partial charge in [0.25, 0.3) is 0 Å². The number of nitrogens with zero attached hydrogens (tertiary/aromatic N) is 4. The first-order chi connectivity index (χ1) is 20.9. The van der Waals surface area contributed by atoms with Gasteiger partial charge in [-0.2, -0.15) is 0 Å². The van der Waals surface area contributed by atoms with Crippen LogP contribution in [0.1, 0.15) is 29.8 Å². The van der Waals surface area contributed by atoms with Gasteiger partial charge < -0.3 is 20.7 Å². The highest BCUT2D eigenvalue weighted by Crippen LogP contribution is 2.36. The smallest absolute Gasteiger partial charge is 0.220 e. The molecule has 6 rings (SSSR count). The number of hydrogen-bond acceptors (Lipinski definition) is 8. The van der Waals surface area contributed by atoms with Crippen molar-refractivity contribution in [3.05, 3.63) is 89.6 Å². The third-order valence-corrected chi connectivity index (χ3v) is 7.64. The maximum Gasteiger partial charge on any atom is 0.220 e. The predicted octanol–water partition coefficient (Wildman–Crippen LogP) is 5.63. The van der Waals surface area contributed by atoms with Crippen LogP contribution in [0.5, 0.6) is 5.88 Å². The van der Waals surface area contributed by atoms with Crippen molar-refractivity contribution in [2.45, 2.75) is 39.3 Å². The van der Waals surface area contributed by atoms with Gasteiger partial charge in [-0.1, -0.05) is 30.3 Å². The monoisotopic (exact) mass is 577 g/mol. The average Bonchev–Trinajstić information content (AvgIpc) is 3.43. The first-order valence-corrected chi connectivity index (χ1v) is 14.2. The molecule has 4 heterocycles. The van der Waals surface area contributed by atoms with Crippen molar-refractivity contribution >= 4 is 28.4 Å². The van der Waals surface area contributed by atoms with E-state index in [1.807, 2.05) is 56.3 Å². The second-order valence-electron chi connectivity index (χ2n) is 10.6. The Hall–Kier alpha value is -4.96. The summed E-state index contributed by atoms with van der Waals surface area (Å²) >= 11 is 0. The molecule has 2 aromatic carbocycles. The molecule has 3 aromatic heterocycles. The quantitative estimate of drug-likeness (QED) is 0.207.